The Kier molecular flexibility index (Phi) is 3.90. The molecule has 0 unspecified atom stereocenters. The molecule has 1 saturated heterocycles. The first-order valence-electron chi connectivity index (χ1n) is 9.70. The van der Waals surface area contributed by atoms with Crippen LogP contribution in [0.5, 0.6) is 0 Å². The van der Waals surface area contributed by atoms with Crippen LogP contribution in [0.2, 0.25) is 0 Å². The standard InChI is InChI=1S/C21H21FN6O/c1-11-4-6-27-17-5-7-28-20(26-17)16(10-24-28)21(29)25-13(3)12(2)18-15(19(11)27)8-14(22)9-23-18/h5,7-11,13,19H,2,4,6H2,1,3H3,(H,25,29)/t11-,13+,19-/m0/s1. The van der Waals surface area contributed by atoms with Gasteiger partial charge in [-0.15, -0.1) is 0 Å². The van der Waals surface area contributed by atoms with Gasteiger partial charge >= 0.3 is 0 Å². The highest BCUT2D eigenvalue weighted by Gasteiger charge is 2.37. The summed E-state index contributed by atoms with van der Waals surface area (Å²) in [5.41, 5.74) is 2.95. The maximum Gasteiger partial charge on any atom is 0.257 e. The Balaban J connectivity index is 1.78. The minimum atomic E-state index is -0.388. The van der Waals surface area contributed by atoms with Crippen molar-refractivity contribution in [3.05, 3.63) is 59.9 Å². The molecule has 29 heavy (non-hydrogen) atoms. The number of hydrogen-bond donors (Lipinski definition) is 1. The Morgan fingerprint density at radius 2 is 2.14 bits per heavy atom. The molecule has 0 spiro atoms. The van der Waals surface area contributed by atoms with Crippen molar-refractivity contribution in [3.8, 4) is 0 Å². The van der Waals surface area contributed by atoms with Crippen molar-refractivity contribution < 1.29 is 9.18 Å². The average Bonchev–Trinajstić information content (AvgIpc) is 3.29. The molecule has 2 aliphatic heterocycles. The van der Waals surface area contributed by atoms with Gasteiger partial charge in [-0.3, -0.25) is 9.78 Å². The molecule has 3 atom stereocenters. The van der Waals surface area contributed by atoms with E-state index in [0.717, 1.165) is 24.3 Å². The van der Waals surface area contributed by atoms with Crippen molar-refractivity contribution >= 4 is 22.9 Å². The van der Waals surface area contributed by atoms with Crippen LogP contribution in [-0.2, 0) is 0 Å². The molecule has 8 heteroatoms. The Morgan fingerprint density at radius 3 is 2.97 bits per heavy atom. The zero-order valence-corrected chi connectivity index (χ0v) is 16.3. The van der Waals surface area contributed by atoms with Gasteiger partial charge in [-0.1, -0.05) is 13.5 Å². The number of anilines is 1. The third-order valence-electron chi connectivity index (χ3n) is 5.97. The van der Waals surface area contributed by atoms with E-state index in [-0.39, 0.29) is 29.7 Å². The third-order valence-corrected chi connectivity index (χ3v) is 5.97. The SMILES string of the molecule is C=C1c2ncc(F)cc2[C@@H]2[C@@H](C)CCN2c2ccn3ncc(c3n2)C(=O)N[C@@H]1C. The van der Waals surface area contributed by atoms with Crippen LogP contribution in [0, 0.1) is 11.7 Å². The lowest BCUT2D eigenvalue weighted by Crippen LogP contribution is -2.35. The maximum absolute atomic E-state index is 14.2. The predicted octanol–water partition coefficient (Wildman–Crippen LogP) is 3.00. The van der Waals surface area contributed by atoms with E-state index >= 15 is 0 Å². The lowest BCUT2D eigenvalue weighted by molar-refractivity contribution is 0.0949. The molecule has 0 saturated carbocycles. The van der Waals surface area contributed by atoms with Crippen LogP contribution in [0.25, 0.3) is 11.2 Å². The number of carbonyl (C=O) groups is 1. The lowest BCUT2D eigenvalue weighted by atomic mass is 9.90. The summed E-state index contributed by atoms with van der Waals surface area (Å²) in [6, 6.07) is 2.94. The van der Waals surface area contributed by atoms with E-state index in [0.29, 0.717) is 22.5 Å². The van der Waals surface area contributed by atoms with Crippen molar-refractivity contribution in [2.24, 2.45) is 5.92 Å². The fourth-order valence-corrected chi connectivity index (χ4v) is 4.37. The quantitative estimate of drug-likeness (QED) is 0.637. The number of halogens is 1. The van der Waals surface area contributed by atoms with Gasteiger partial charge in [0.15, 0.2) is 5.65 Å². The summed E-state index contributed by atoms with van der Waals surface area (Å²) in [6.45, 7) is 8.96. The number of nitrogens with one attached hydrogen (secondary N) is 1. The molecule has 148 valence electrons. The van der Waals surface area contributed by atoms with Gasteiger partial charge in [-0.2, -0.15) is 5.10 Å². The van der Waals surface area contributed by atoms with E-state index in [9.17, 15) is 9.18 Å². The summed E-state index contributed by atoms with van der Waals surface area (Å²) >= 11 is 0. The van der Waals surface area contributed by atoms with E-state index in [4.69, 9.17) is 4.98 Å². The first kappa shape index (κ1) is 17.8. The highest BCUT2D eigenvalue weighted by molar-refractivity contribution is 6.00. The van der Waals surface area contributed by atoms with Gasteiger partial charge in [0.1, 0.15) is 17.2 Å². The van der Waals surface area contributed by atoms with E-state index in [1.807, 2.05) is 13.0 Å². The summed E-state index contributed by atoms with van der Waals surface area (Å²) in [7, 11) is 0. The smallest absolute Gasteiger partial charge is 0.257 e. The molecule has 0 aliphatic carbocycles. The van der Waals surface area contributed by atoms with Crippen molar-refractivity contribution in [1.82, 2.24) is 24.9 Å². The number of hydrogen-bond acceptors (Lipinski definition) is 5. The van der Waals surface area contributed by atoms with Gasteiger partial charge < -0.3 is 10.2 Å². The molecule has 3 aromatic rings. The maximum atomic E-state index is 14.2. The second-order valence-electron chi connectivity index (χ2n) is 7.83. The molecular formula is C21H21FN6O. The number of amides is 1. The summed E-state index contributed by atoms with van der Waals surface area (Å²) in [4.78, 5) is 24.2. The van der Waals surface area contributed by atoms with E-state index < -0.39 is 0 Å². The van der Waals surface area contributed by atoms with Crippen molar-refractivity contribution in [1.29, 1.82) is 0 Å². The molecule has 2 bridgehead atoms. The van der Waals surface area contributed by atoms with Gasteiger partial charge in [0.25, 0.3) is 5.91 Å². The number of nitrogens with zero attached hydrogens (tertiary/aromatic N) is 5. The van der Waals surface area contributed by atoms with Crippen LogP contribution in [-0.4, -0.2) is 38.1 Å². The van der Waals surface area contributed by atoms with Crippen LogP contribution in [0.4, 0.5) is 10.2 Å². The predicted molar refractivity (Wildman–Crippen MR) is 107 cm³/mol. The Bertz CT molecular complexity index is 1160. The van der Waals surface area contributed by atoms with Gasteiger partial charge in [-0.05, 0) is 37.0 Å². The first-order valence-corrected chi connectivity index (χ1v) is 9.70. The molecule has 0 aromatic carbocycles. The van der Waals surface area contributed by atoms with Crippen LogP contribution in [0.1, 0.15) is 47.9 Å². The summed E-state index contributed by atoms with van der Waals surface area (Å²) in [5.74, 6) is 0.339. The Hall–Kier alpha value is -3.29. The highest BCUT2D eigenvalue weighted by atomic mass is 19.1. The highest BCUT2D eigenvalue weighted by Crippen LogP contribution is 2.42. The normalized spacial score (nSPS) is 24.1. The fraction of sp³-hybridized carbons (Fsp3) is 0.333. The monoisotopic (exact) mass is 392 g/mol. The molecule has 3 aromatic heterocycles. The van der Waals surface area contributed by atoms with Crippen LogP contribution >= 0.6 is 0 Å². The summed E-state index contributed by atoms with van der Waals surface area (Å²) < 4.78 is 15.8. The Labute approximate surface area is 167 Å². The summed E-state index contributed by atoms with van der Waals surface area (Å²) in [5, 5.41) is 7.20. The van der Waals surface area contributed by atoms with Gasteiger partial charge in [0, 0.05) is 18.3 Å². The number of carbonyl (C=O) groups excluding carboxylic acids is 1. The minimum absolute atomic E-state index is 0.0893. The Morgan fingerprint density at radius 1 is 1.31 bits per heavy atom. The topological polar surface area (TPSA) is 75.4 Å². The minimum Gasteiger partial charge on any atom is -0.349 e. The van der Waals surface area contributed by atoms with Crippen molar-refractivity contribution in [2.45, 2.75) is 32.4 Å². The largest absolute Gasteiger partial charge is 0.349 e. The van der Waals surface area contributed by atoms with Crippen molar-refractivity contribution in [3.63, 3.8) is 0 Å². The first-order chi connectivity index (χ1) is 13.9. The van der Waals surface area contributed by atoms with Gasteiger partial charge in [0.05, 0.1) is 30.2 Å². The average molecular weight is 392 g/mol. The molecule has 0 radical (unpaired) electrons. The fourth-order valence-electron chi connectivity index (χ4n) is 4.37. The van der Waals surface area contributed by atoms with Gasteiger partial charge in [0.2, 0.25) is 0 Å². The molecule has 1 fully saturated rings. The molecule has 5 rings (SSSR count). The molecule has 2 aliphatic rings. The molecule has 7 nitrogen and oxygen atoms in total. The van der Waals surface area contributed by atoms with Crippen LogP contribution in [0.15, 0.2) is 37.3 Å². The van der Waals surface area contributed by atoms with Crippen LogP contribution in [0.3, 0.4) is 0 Å². The van der Waals surface area contributed by atoms with E-state index in [1.165, 1.54) is 18.5 Å². The molecule has 5 heterocycles. The molecular weight excluding hydrogens is 371 g/mol. The third kappa shape index (κ3) is 2.70. The number of fused-ring (bicyclic) bond motifs is 5. The summed E-state index contributed by atoms with van der Waals surface area (Å²) in [6.07, 6.45) is 5.47. The molecule has 1 amide bonds. The zero-order valence-electron chi connectivity index (χ0n) is 16.3. The van der Waals surface area contributed by atoms with Crippen molar-refractivity contribution in [2.75, 3.05) is 11.4 Å². The van der Waals surface area contributed by atoms with Gasteiger partial charge in [-0.25, -0.2) is 13.9 Å². The van der Waals surface area contributed by atoms with E-state index in [1.54, 1.807) is 10.7 Å². The number of pyridine rings is 1. The number of rotatable bonds is 0. The number of aromatic nitrogens is 4. The van der Waals surface area contributed by atoms with E-state index in [2.05, 4.69) is 33.8 Å². The van der Waals surface area contributed by atoms with Crippen LogP contribution < -0.4 is 10.2 Å². The second-order valence-corrected chi connectivity index (χ2v) is 7.83. The molecule has 1 N–H and O–H groups in total. The lowest BCUT2D eigenvalue weighted by Gasteiger charge is -2.31. The second kappa shape index (κ2) is 6.37. The zero-order chi connectivity index (χ0) is 20.3.